The van der Waals surface area contributed by atoms with Crippen LogP contribution in [-0.4, -0.2) is 87.2 Å². The lowest BCUT2D eigenvalue weighted by Gasteiger charge is -2.26. The third-order valence-corrected chi connectivity index (χ3v) is 5.16. The molecule has 0 aliphatic carbocycles. The fourth-order valence-corrected chi connectivity index (χ4v) is 3.73. The fraction of sp³-hybridized carbons (Fsp3) is 0.650. The van der Waals surface area contributed by atoms with Crippen molar-refractivity contribution in [2.75, 3.05) is 66.6 Å². The van der Waals surface area contributed by atoms with Crippen LogP contribution < -0.4 is 4.74 Å². The molecular formula is C20H31N3O3. The number of carbonyl (C=O) groups excluding carboxylic acids is 1. The van der Waals surface area contributed by atoms with Crippen LogP contribution in [0, 0.1) is 5.92 Å². The smallest absolute Gasteiger partial charge is 0.260 e. The number of benzene rings is 1. The molecule has 0 bridgehead atoms. The first-order valence-corrected chi connectivity index (χ1v) is 9.54. The molecule has 2 aliphatic rings. The van der Waals surface area contributed by atoms with Crippen LogP contribution in [0.2, 0.25) is 0 Å². The van der Waals surface area contributed by atoms with Crippen molar-refractivity contribution in [2.45, 2.75) is 13.0 Å². The highest BCUT2D eigenvalue weighted by Crippen LogP contribution is 2.17. The maximum Gasteiger partial charge on any atom is 0.260 e. The molecule has 1 aromatic carbocycles. The molecule has 3 rings (SSSR count). The second-order valence-electron chi connectivity index (χ2n) is 7.54. The molecule has 1 aromatic rings. The van der Waals surface area contributed by atoms with Gasteiger partial charge >= 0.3 is 0 Å². The highest BCUT2D eigenvalue weighted by atomic mass is 16.5. The molecule has 6 heteroatoms. The van der Waals surface area contributed by atoms with Gasteiger partial charge in [-0.3, -0.25) is 4.79 Å². The number of nitrogens with zero attached hydrogens (tertiary/aromatic N) is 3. The van der Waals surface area contributed by atoms with E-state index in [0.717, 1.165) is 24.8 Å². The van der Waals surface area contributed by atoms with Crippen molar-refractivity contribution >= 4 is 5.91 Å². The maximum absolute atomic E-state index is 12.1. The lowest BCUT2D eigenvalue weighted by atomic mass is 10.1. The van der Waals surface area contributed by atoms with Crippen molar-refractivity contribution in [3.05, 3.63) is 29.8 Å². The van der Waals surface area contributed by atoms with Crippen molar-refractivity contribution in [1.29, 1.82) is 0 Å². The first kappa shape index (κ1) is 19.1. The molecule has 1 atom stereocenters. The van der Waals surface area contributed by atoms with E-state index < -0.39 is 0 Å². The molecule has 2 fully saturated rings. The molecule has 1 amide bonds. The minimum atomic E-state index is 0.0265. The Morgan fingerprint density at radius 3 is 2.62 bits per heavy atom. The maximum atomic E-state index is 12.1. The summed E-state index contributed by atoms with van der Waals surface area (Å²) < 4.78 is 10.9. The Balaban J connectivity index is 1.40. The summed E-state index contributed by atoms with van der Waals surface area (Å²) in [5.41, 5.74) is 1.27. The molecule has 26 heavy (non-hydrogen) atoms. The highest BCUT2D eigenvalue weighted by Gasteiger charge is 2.20. The summed E-state index contributed by atoms with van der Waals surface area (Å²) >= 11 is 0. The van der Waals surface area contributed by atoms with E-state index in [2.05, 4.69) is 36.0 Å². The zero-order chi connectivity index (χ0) is 18.4. The van der Waals surface area contributed by atoms with Crippen LogP contribution in [0.15, 0.2) is 24.3 Å². The SMILES string of the molecule is CN1CCC(CN(C)Cc2ccc(OCC(=O)N3CCOCC3)cc2)C1. The third-order valence-electron chi connectivity index (χ3n) is 5.16. The van der Waals surface area contributed by atoms with Gasteiger partial charge in [0.05, 0.1) is 13.2 Å². The zero-order valence-corrected chi connectivity index (χ0v) is 16.0. The molecule has 1 unspecified atom stereocenters. The summed E-state index contributed by atoms with van der Waals surface area (Å²) in [7, 11) is 4.38. The Hall–Kier alpha value is -1.63. The second-order valence-corrected chi connectivity index (χ2v) is 7.54. The molecule has 2 aliphatic heterocycles. The number of rotatable bonds is 7. The van der Waals surface area contributed by atoms with Gasteiger partial charge in [-0.2, -0.15) is 0 Å². The Bertz CT molecular complexity index is 572. The van der Waals surface area contributed by atoms with E-state index in [1.54, 1.807) is 4.90 Å². The Kier molecular flexibility index (Phi) is 6.88. The van der Waals surface area contributed by atoms with E-state index in [4.69, 9.17) is 9.47 Å². The minimum Gasteiger partial charge on any atom is -0.484 e. The molecule has 0 N–H and O–H groups in total. The lowest BCUT2D eigenvalue weighted by molar-refractivity contribution is -0.137. The number of hydrogen-bond donors (Lipinski definition) is 0. The number of morpholine rings is 1. The van der Waals surface area contributed by atoms with Crippen molar-refractivity contribution in [3.8, 4) is 5.75 Å². The van der Waals surface area contributed by atoms with E-state index >= 15 is 0 Å². The number of carbonyl (C=O) groups is 1. The number of likely N-dealkylation sites (tertiary alicyclic amines) is 1. The van der Waals surface area contributed by atoms with Crippen molar-refractivity contribution in [1.82, 2.24) is 14.7 Å². The summed E-state index contributed by atoms with van der Waals surface area (Å²) in [4.78, 5) is 18.7. The predicted molar refractivity (Wildman–Crippen MR) is 101 cm³/mol. The summed E-state index contributed by atoms with van der Waals surface area (Å²) in [6, 6.07) is 8.09. The average molecular weight is 361 g/mol. The van der Waals surface area contributed by atoms with Crippen molar-refractivity contribution in [3.63, 3.8) is 0 Å². The monoisotopic (exact) mass is 361 g/mol. The molecule has 2 heterocycles. The van der Waals surface area contributed by atoms with Gasteiger partial charge in [-0.05, 0) is 50.7 Å². The normalized spacial score (nSPS) is 21.3. The molecule has 0 radical (unpaired) electrons. The Labute approximate surface area is 156 Å². The summed E-state index contributed by atoms with van der Waals surface area (Å²) in [5, 5.41) is 0. The lowest BCUT2D eigenvalue weighted by Crippen LogP contribution is -2.42. The topological polar surface area (TPSA) is 45.2 Å². The number of hydrogen-bond acceptors (Lipinski definition) is 5. The van der Waals surface area contributed by atoms with Gasteiger partial charge in [0.1, 0.15) is 5.75 Å². The van der Waals surface area contributed by atoms with Crippen LogP contribution in [0.3, 0.4) is 0 Å². The van der Waals surface area contributed by atoms with Gasteiger partial charge in [0, 0.05) is 32.7 Å². The van der Waals surface area contributed by atoms with Gasteiger partial charge < -0.3 is 24.2 Å². The highest BCUT2D eigenvalue weighted by molar-refractivity contribution is 5.77. The van der Waals surface area contributed by atoms with E-state index in [0.29, 0.717) is 26.3 Å². The largest absolute Gasteiger partial charge is 0.484 e. The van der Waals surface area contributed by atoms with Gasteiger partial charge in [0.2, 0.25) is 0 Å². The van der Waals surface area contributed by atoms with Crippen molar-refractivity contribution < 1.29 is 14.3 Å². The third kappa shape index (κ3) is 5.69. The fourth-order valence-electron chi connectivity index (χ4n) is 3.73. The van der Waals surface area contributed by atoms with E-state index in [1.807, 2.05) is 12.1 Å². The number of amides is 1. The summed E-state index contributed by atoms with van der Waals surface area (Å²) in [5.74, 6) is 1.55. The zero-order valence-electron chi connectivity index (χ0n) is 16.0. The second kappa shape index (κ2) is 9.35. The molecule has 6 nitrogen and oxygen atoms in total. The Morgan fingerprint density at radius 2 is 1.96 bits per heavy atom. The van der Waals surface area contributed by atoms with Gasteiger partial charge in [0.15, 0.2) is 6.61 Å². The van der Waals surface area contributed by atoms with Gasteiger partial charge in [-0.25, -0.2) is 0 Å². The molecule has 0 spiro atoms. The first-order chi connectivity index (χ1) is 12.6. The molecule has 2 saturated heterocycles. The van der Waals surface area contributed by atoms with Crippen LogP contribution in [0.5, 0.6) is 5.75 Å². The Morgan fingerprint density at radius 1 is 1.23 bits per heavy atom. The van der Waals surface area contributed by atoms with E-state index in [9.17, 15) is 4.79 Å². The molecule has 0 aromatic heterocycles. The first-order valence-electron chi connectivity index (χ1n) is 9.54. The standard InChI is InChI=1S/C20H31N3O3/c1-21-8-7-18(14-21)15-22(2)13-17-3-5-19(6-4-17)26-16-20(24)23-9-11-25-12-10-23/h3-6,18H,7-16H2,1-2H3. The van der Waals surface area contributed by atoms with Crippen LogP contribution in [0.4, 0.5) is 0 Å². The summed E-state index contributed by atoms with van der Waals surface area (Å²) in [6.45, 7) is 7.13. The van der Waals surface area contributed by atoms with Crippen molar-refractivity contribution in [2.24, 2.45) is 5.92 Å². The van der Waals surface area contributed by atoms with E-state index in [-0.39, 0.29) is 12.5 Å². The molecular weight excluding hydrogens is 330 g/mol. The van der Waals surface area contributed by atoms with E-state index in [1.165, 1.54) is 25.1 Å². The van der Waals surface area contributed by atoms with Gasteiger partial charge in [0.25, 0.3) is 5.91 Å². The van der Waals surface area contributed by atoms with Crippen LogP contribution in [0.25, 0.3) is 0 Å². The summed E-state index contributed by atoms with van der Waals surface area (Å²) in [6.07, 6.45) is 1.30. The average Bonchev–Trinajstić information content (AvgIpc) is 3.06. The van der Waals surface area contributed by atoms with Crippen LogP contribution >= 0.6 is 0 Å². The quantitative estimate of drug-likeness (QED) is 0.733. The molecule has 144 valence electrons. The van der Waals surface area contributed by atoms with Crippen LogP contribution in [0.1, 0.15) is 12.0 Å². The van der Waals surface area contributed by atoms with Crippen LogP contribution in [-0.2, 0) is 16.1 Å². The minimum absolute atomic E-state index is 0.0265. The van der Waals surface area contributed by atoms with Gasteiger partial charge in [-0.15, -0.1) is 0 Å². The molecule has 0 saturated carbocycles. The number of ether oxygens (including phenoxy) is 2. The predicted octanol–water partition coefficient (Wildman–Crippen LogP) is 1.31. The van der Waals surface area contributed by atoms with Gasteiger partial charge in [-0.1, -0.05) is 12.1 Å².